The summed E-state index contributed by atoms with van der Waals surface area (Å²) < 4.78 is 1.80. The van der Waals surface area contributed by atoms with Crippen LogP contribution in [0.15, 0.2) is 42.6 Å². The second kappa shape index (κ2) is 7.28. The van der Waals surface area contributed by atoms with Gasteiger partial charge in [0, 0.05) is 25.7 Å². The largest absolute Gasteiger partial charge is 0.394 e. The van der Waals surface area contributed by atoms with E-state index in [0.717, 1.165) is 37.3 Å². The molecule has 0 radical (unpaired) electrons. The SMILES string of the molecule is O=C(NC(CO)Cc1ccn(-c2ccccc2)n1)N1CCCC1. The van der Waals surface area contributed by atoms with Gasteiger partial charge < -0.3 is 15.3 Å². The Morgan fingerprint density at radius 1 is 1.22 bits per heavy atom. The zero-order chi connectivity index (χ0) is 16.1. The summed E-state index contributed by atoms with van der Waals surface area (Å²) in [6.07, 6.45) is 4.51. The first-order valence-corrected chi connectivity index (χ1v) is 8.02. The van der Waals surface area contributed by atoms with Gasteiger partial charge in [-0.2, -0.15) is 5.10 Å². The van der Waals surface area contributed by atoms with Gasteiger partial charge in [-0.25, -0.2) is 9.48 Å². The third-order valence-electron chi connectivity index (χ3n) is 4.06. The summed E-state index contributed by atoms with van der Waals surface area (Å²) in [5.41, 5.74) is 1.83. The predicted octanol–water partition coefficient (Wildman–Crippen LogP) is 1.58. The van der Waals surface area contributed by atoms with Crippen molar-refractivity contribution in [2.45, 2.75) is 25.3 Å². The Bertz CT molecular complexity index is 635. The maximum Gasteiger partial charge on any atom is 0.317 e. The summed E-state index contributed by atoms with van der Waals surface area (Å²) in [5.74, 6) is 0. The Kier molecular flexibility index (Phi) is 4.92. The molecule has 0 spiro atoms. The monoisotopic (exact) mass is 314 g/mol. The number of aromatic nitrogens is 2. The zero-order valence-corrected chi connectivity index (χ0v) is 13.1. The van der Waals surface area contributed by atoms with Crippen LogP contribution in [0.25, 0.3) is 5.69 Å². The maximum atomic E-state index is 12.1. The highest BCUT2D eigenvalue weighted by Crippen LogP contribution is 2.10. The molecule has 1 saturated heterocycles. The number of hydrogen-bond donors (Lipinski definition) is 2. The highest BCUT2D eigenvalue weighted by molar-refractivity contribution is 5.74. The molecule has 6 nitrogen and oxygen atoms in total. The Morgan fingerprint density at radius 3 is 2.65 bits per heavy atom. The van der Waals surface area contributed by atoms with Crippen LogP contribution in [-0.4, -0.2) is 51.6 Å². The first-order valence-electron chi connectivity index (χ1n) is 8.02. The number of para-hydroxylation sites is 1. The fourth-order valence-corrected chi connectivity index (χ4v) is 2.79. The third-order valence-corrected chi connectivity index (χ3v) is 4.06. The van der Waals surface area contributed by atoms with Crippen molar-refractivity contribution in [2.75, 3.05) is 19.7 Å². The van der Waals surface area contributed by atoms with E-state index in [1.165, 1.54) is 0 Å². The zero-order valence-electron chi connectivity index (χ0n) is 13.1. The molecule has 1 aromatic carbocycles. The molecule has 122 valence electrons. The van der Waals surface area contributed by atoms with Gasteiger partial charge in [-0.05, 0) is 31.0 Å². The molecule has 2 amide bonds. The summed E-state index contributed by atoms with van der Waals surface area (Å²) in [5, 5.41) is 16.9. The lowest BCUT2D eigenvalue weighted by Crippen LogP contribution is -2.46. The molecule has 1 atom stereocenters. The molecular formula is C17H22N4O2. The van der Waals surface area contributed by atoms with Gasteiger partial charge in [-0.3, -0.25) is 0 Å². The van der Waals surface area contributed by atoms with Gasteiger partial charge in [-0.1, -0.05) is 18.2 Å². The van der Waals surface area contributed by atoms with Crippen molar-refractivity contribution < 1.29 is 9.90 Å². The molecule has 23 heavy (non-hydrogen) atoms. The predicted molar refractivity (Wildman–Crippen MR) is 87.5 cm³/mol. The molecule has 1 aromatic heterocycles. The summed E-state index contributed by atoms with van der Waals surface area (Å²) in [4.78, 5) is 13.9. The molecule has 1 aliphatic rings. The van der Waals surface area contributed by atoms with E-state index in [-0.39, 0.29) is 18.7 Å². The van der Waals surface area contributed by atoms with Gasteiger partial charge in [-0.15, -0.1) is 0 Å². The molecule has 2 N–H and O–H groups in total. The second-order valence-corrected chi connectivity index (χ2v) is 5.81. The average Bonchev–Trinajstić information content (AvgIpc) is 3.27. The minimum Gasteiger partial charge on any atom is -0.394 e. The fourth-order valence-electron chi connectivity index (χ4n) is 2.79. The number of benzene rings is 1. The molecule has 2 heterocycles. The van der Waals surface area contributed by atoms with Gasteiger partial charge in [0.2, 0.25) is 0 Å². The third kappa shape index (κ3) is 3.90. The van der Waals surface area contributed by atoms with E-state index in [9.17, 15) is 9.90 Å². The average molecular weight is 314 g/mol. The molecule has 0 bridgehead atoms. The quantitative estimate of drug-likeness (QED) is 0.880. The Labute approximate surface area is 135 Å². The standard InChI is InChI=1S/C17H22N4O2/c22-13-15(18-17(23)20-9-4-5-10-20)12-14-8-11-21(19-14)16-6-2-1-3-7-16/h1-3,6-8,11,15,22H,4-5,9-10,12-13H2,(H,18,23). The molecule has 0 saturated carbocycles. The number of amides is 2. The Hall–Kier alpha value is -2.34. The van der Waals surface area contributed by atoms with Crippen LogP contribution < -0.4 is 5.32 Å². The van der Waals surface area contributed by atoms with Gasteiger partial charge in [0.15, 0.2) is 0 Å². The van der Waals surface area contributed by atoms with Gasteiger partial charge in [0.25, 0.3) is 0 Å². The van der Waals surface area contributed by atoms with Crippen molar-refractivity contribution in [2.24, 2.45) is 0 Å². The number of urea groups is 1. The molecule has 1 fully saturated rings. The van der Waals surface area contributed by atoms with Crippen LogP contribution in [-0.2, 0) is 6.42 Å². The number of aliphatic hydroxyl groups excluding tert-OH is 1. The lowest BCUT2D eigenvalue weighted by atomic mass is 10.2. The van der Waals surface area contributed by atoms with E-state index in [1.807, 2.05) is 42.6 Å². The summed E-state index contributed by atoms with van der Waals surface area (Å²) in [6, 6.07) is 11.4. The van der Waals surface area contributed by atoms with Crippen molar-refractivity contribution in [1.29, 1.82) is 0 Å². The second-order valence-electron chi connectivity index (χ2n) is 5.81. The molecule has 1 aliphatic heterocycles. The van der Waals surface area contributed by atoms with E-state index in [4.69, 9.17) is 0 Å². The first-order chi connectivity index (χ1) is 11.3. The normalized spacial score (nSPS) is 15.6. The molecule has 0 aliphatic carbocycles. The van der Waals surface area contributed by atoms with Crippen molar-refractivity contribution in [3.05, 3.63) is 48.3 Å². The van der Waals surface area contributed by atoms with Gasteiger partial charge >= 0.3 is 6.03 Å². The molecule has 6 heteroatoms. The van der Waals surface area contributed by atoms with Gasteiger partial charge in [0.05, 0.1) is 24.0 Å². The Morgan fingerprint density at radius 2 is 1.96 bits per heavy atom. The van der Waals surface area contributed by atoms with Crippen molar-refractivity contribution >= 4 is 6.03 Å². The molecular weight excluding hydrogens is 292 g/mol. The highest BCUT2D eigenvalue weighted by Gasteiger charge is 2.21. The number of carbonyl (C=O) groups is 1. The van der Waals surface area contributed by atoms with Crippen LogP contribution in [0.3, 0.4) is 0 Å². The number of nitrogens with one attached hydrogen (secondary N) is 1. The minimum absolute atomic E-state index is 0.0935. The van der Waals surface area contributed by atoms with E-state index in [1.54, 1.807) is 9.58 Å². The lowest BCUT2D eigenvalue weighted by molar-refractivity contribution is 0.190. The first kappa shape index (κ1) is 15.6. The van der Waals surface area contributed by atoms with Crippen LogP contribution in [0.5, 0.6) is 0 Å². The number of nitrogens with zero attached hydrogens (tertiary/aromatic N) is 3. The van der Waals surface area contributed by atoms with Crippen molar-refractivity contribution in [1.82, 2.24) is 20.0 Å². The van der Waals surface area contributed by atoms with Crippen LogP contribution in [0.1, 0.15) is 18.5 Å². The van der Waals surface area contributed by atoms with Crippen LogP contribution in [0.2, 0.25) is 0 Å². The number of likely N-dealkylation sites (tertiary alicyclic amines) is 1. The van der Waals surface area contributed by atoms with Crippen LogP contribution in [0.4, 0.5) is 4.79 Å². The van der Waals surface area contributed by atoms with Crippen molar-refractivity contribution in [3.63, 3.8) is 0 Å². The minimum atomic E-state index is -0.317. The van der Waals surface area contributed by atoms with E-state index in [2.05, 4.69) is 10.4 Å². The molecule has 2 aromatic rings. The number of hydrogen-bond acceptors (Lipinski definition) is 3. The van der Waals surface area contributed by atoms with Gasteiger partial charge in [0.1, 0.15) is 0 Å². The summed E-state index contributed by atoms with van der Waals surface area (Å²) in [7, 11) is 0. The smallest absolute Gasteiger partial charge is 0.317 e. The van der Waals surface area contributed by atoms with Crippen LogP contribution >= 0.6 is 0 Å². The van der Waals surface area contributed by atoms with E-state index < -0.39 is 0 Å². The topological polar surface area (TPSA) is 70.4 Å². The summed E-state index contributed by atoms with van der Waals surface area (Å²) >= 11 is 0. The van der Waals surface area contributed by atoms with Crippen molar-refractivity contribution in [3.8, 4) is 5.69 Å². The molecule has 1 unspecified atom stereocenters. The van der Waals surface area contributed by atoms with E-state index >= 15 is 0 Å². The maximum absolute atomic E-state index is 12.1. The summed E-state index contributed by atoms with van der Waals surface area (Å²) in [6.45, 7) is 1.50. The molecule has 3 rings (SSSR count). The Balaban J connectivity index is 1.61. The number of aliphatic hydroxyl groups is 1. The number of rotatable bonds is 5. The highest BCUT2D eigenvalue weighted by atomic mass is 16.3. The lowest BCUT2D eigenvalue weighted by Gasteiger charge is -2.21. The van der Waals surface area contributed by atoms with Crippen LogP contribution in [0, 0.1) is 0 Å². The number of carbonyl (C=O) groups excluding carboxylic acids is 1. The fraction of sp³-hybridized carbons (Fsp3) is 0.412. The van der Waals surface area contributed by atoms with E-state index in [0.29, 0.717) is 6.42 Å².